The third-order valence-corrected chi connectivity index (χ3v) is 3.44. The molecule has 0 spiro atoms. The number of alkyl carbamates (subject to hydrolysis) is 1. The quantitative estimate of drug-likeness (QED) is 0.820. The average Bonchev–Trinajstić information content (AvgIpc) is 2.94. The van der Waals surface area contributed by atoms with Crippen molar-refractivity contribution in [2.75, 3.05) is 19.6 Å². The number of rotatable bonds is 3. The molecule has 1 saturated carbocycles. The smallest absolute Gasteiger partial charge is 0.407 e. The Labute approximate surface area is 104 Å². The molecule has 1 aliphatic heterocycles. The van der Waals surface area contributed by atoms with Crippen LogP contribution in [0.2, 0.25) is 0 Å². The van der Waals surface area contributed by atoms with Crippen LogP contribution in [0.15, 0.2) is 0 Å². The summed E-state index contributed by atoms with van der Waals surface area (Å²) in [6.07, 6.45) is 3.78. The fourth-order valence-corrected chi connectivity index (χ4v) is 2.60. The molecule has 2 atom stereocenters. The molecule has 2 rings (SSSR count). The lowest BCUT2D eigenvalue weighted by Gasteiger charge is -2.26. The molecule has 2 unspecified atom stereocenters. The molecule has 1 aliphatic carbocycles. The molecule has 2 fully saturated rings. The van der Waals surface area contributed by atoms with Gasteiger partial charge in [0.05, 0.1) is 0 Å². The Kier molecular flexibility index (Phi) is 3.61. The van der Waals surface area contributed by atoms with Crippen LogP contribution >= 0.6 is 0 Å². The third kappa shape index (κ3) is 3.87. The Morgan fingerprint density at radius 1 is 1.47 bits per heavy atom. The van der Waals surface area contributed by atoms with E-state index in [2.05, 4.69) is 10.2 Å². The molecule has 98 valence electrons. The predicted octanol–water partition coefficient (Wildman–Crippen LogP) is 2.00. The van der Waals surface area contributed by atoms with Crippen LogP contribution < -0.4 is 5.32 Å². The Morgan fingerprint density at radius 3 is 2.94 bits per heavy atom. The van der Waals surface area contributed by atoms with Crippen molar-refractivity contribution in [2.24, 2.45) is 5.92 Å². The topological polar surface area (TPSA) is 41.6 Å². The summed E-state index contributed by atoms with van der Waals surface area (Å²) >= 11 is 0. The second-order valence-corrected chi connectivity index (χ2v) is 6.17. The number of likely N-dealkylation sites (tertiary alicyclic amines) is 1. The van der Waals surface area contributed by atoms with Gasteiger partial charge in [-0.25, -0.2) is 4.79 Å². The Bertz CT molecular complexity index is 286. The summed E-state index contributed by atoms with van der Waals surface area (Å²) in [6.45, 7) is 8.49. The van der Waals surface area contributed by atoms with Crippen molar-refractivity contribution in [3.63, 3.8) is 0 Å². The van der Waals surface area contributed by atoms with Gasteiger partial charge in [-0.15, -0.1) is 0 Å². The molecule has 4 nitrogen and oxygen atoms in total. The SMILES string of the molecule is CC(C)(C)OC(=O)NCCN1CCCC2CC21. The molecule has 0 aromatic heterocycles. The molecule has 1 saturated heterocycles. The first-order valence-corrected chi connectivity index (χ1v) is 6.66. The molecule has 1 heterocycles. The minimum atomic E-state index is -0.406. The number of nitrogens with one attached hydrogen (secondary N) is 1. The van der Waals surface area contributed by atoms with Gasteiger partial charge < -0.3 is 10.1 Å². The van der Waals surface area contributed by atoms with E-state index in [-0.39, 0.29) is 6.09 Å². The minimum Gasteiger partial charge on any atom is -0.444 e. The Hall–Kier alpha value is -0.770. The molecule has 0 radical (unpaired) electrons. The number of hydrogen-bond acceptors (Lipinski definition) is 3. The van der Waals surface area contributed by atoms with Crippen LogP contribution in [0.5, 0.6) is 0 Å². The van der Waals surface area contributed by atoms with Gasteiger partial charge in [-0.05, 0) is 52.5 Å². The molecule has 1 amide bonds. The van der Waals surface area contributed by atoms with Crippen molar-refractivity contribution in [2.45, 2.75) is 51.7 Å². The third-order valence-electron chi connectivity index (χ3n) is 3.44. The monoisotopic (exact) mass is 240 g/mol. The fraction of sp³-hybridized carbons (Fsp3) is 0.923. The summed E-state index contributed by atoms with van der Waals surface area (Å²) in [7, 11) is 0. The lowest BCUT2D eigenvalue weighted by atomic mass is 10.1. The molecule has 0 bridgehead atoms. The van der Waals surface area contributed by atoms with E-state index in [0.717, 1.165) is 18.5 Å². The van der Waals surface area contributed by atoms with Crippen LogP contribution in [0.25, 0.3) is 0 Å². The van der Waals surface area contributed by atoms with Crippen LogP contribution in [-0.2, 0) is 4.74 Å². The summed E-state index contributed by atoms with van der Waals surface area (Å²) in [5, 5.41) is 2.82. The van der Waals surface area contributed by atoms with Crippen LogP contribution in [0.1, 0.15) is 40.0 Å². The largest absolute Gasteiger partial charge is 0.444 e. The zero-order valence-electron chi connectivity index (χ0n) is 11.2. The van der Waals surface area contributed by atoms with Crippen molar-refractivity contribution in [1.82, 2.24) is 10.2 Å². The average molecular weight is 240 g/mol. The molecule has 1 N–H and O–H groups in total. The maximum absolute atomic E-state index is 11.4. The van der Waals surface area contributed by atoms with E-state index < -0.39 is 5.60 Å². The van der Waals surface area contributed by atoms with Crippen LogP contribution in [-0.4, -0.2) is 42.3 Å². The highest BCUT2D eigenvalue weighted by Gasteiger charge is 2.43. The van der Waals surface area contributed by atoms with Gasteiger partial charge in [0.2, 0.25) is 0 Å². The van der Waals surface area contributed by atoms with Crippen molar-refractivity contribution in [3.8, 4) is 0 Å². The number of amides is 1. The highest BCUT2D eigenvalue weighted by Crippen LogP contribution is 2.42. The number of nitrogens with zero attached hydrogens (tertiary/aromatic N) is 1. The highest BCUT2D eigenvalue weighted by molar-refractivity contribution is 5.67. The van der Waals surface area contributed by atoms with Crippen molar-refractivity contribution in [3.05, 3.63) is 0 Å². The molecule has 4 heteroatoms. The maximum atomic E-state index is 11.4. The number of hydrogen-bond donors (Lipinski definition) is 1. The zero-order valence-corrected chi connectivity index (χ0v) is 11.2. The maximum Gasteiger partial charge on any atom is 0.407 e. The van der Waals surface area contributed by atoms with Crippen LogP contribution in [0.3, 0.4) is 0 Å². The van der Waals surface area contributed by atoms with E-state index in [0.29, 0.717) is 6.54 Å². The standard InChI is InChI=1S/C13H24N2O2/c1-13(2,3)17-12(16)14-6-8-15-7-4-5-10-9-11(10)15/h10-11H,4-9H2,1-3H3,(H,14,16). The highest BCUT2D eigenvalue weighted by atomic mass is 16.6. The van der Waals surface area contributed by atoms with Gasteiger partial charge in [0, 0.05) is 19.1 Å². The van der Waals surface area contributed by atoms with Gasteiger partial charge in [0.1, 0.15) is 5.60 Å². The minimum absolute atomic E-state index is 0.304. The Morgan fingerprint density at radius 2 is 2.24 bits per heavy atom. The fourth-order valence-electron chi connectivity index (χ4n) is 2.60. The number of piperidine rings is 1. The van der Waals surface area contributed by atoms with Gasteiger partial charge in [-0.1, -0.05) is 0 Å². The first-order chi connectivity index (χ1) is 7.96. The summed E-state index contributed by atoms with van der Waals surface area (Å²) in [6, 6.07) is 0.809. The van der Waals surface area contributed by atoms with E-state index in [9.17, 15) is 4.79 Å². The lowest BCUT2D eigenvalue weighted by molar-refractivity contribution is 0.0519. The van der Waals surface area contributed by atoms with Crippen molar-refractivity contribution >= 4 is 6.09 Å². The van der Waals surface area contributed by atoms with E-state index in [1.54, 1.807) is 0 Å². The zero-order chi connectivity index (χ0) is 12.5. The normalized spacial score (nSPS) is 28.4. The lowest BCUT2D eigenvalue weighted by Crippen LogP contribution is -2.40. The molecular formula is C13H24N2O2. The Balaban J connectivity index is 1.61. The van der Waals surface area contributed by atoms with Gasteiger partial charge >= 0.3 is 6.09 Å². The summed E-state index contributed by atoms with van der Waals surface area (Å²) < 4.78 is 5.20. The van der Waals surface area contributed by atoms with E-state index in [1.165, 1.54) is 25.8 Å². The van der Waals surface area contributed by atoms with Crippen LogP contribution in [0, 0.1) is 5.92 Å². The van der Waals surface area contributed by atoms with E-state index >= 15 is 0 Å². The summed E-state index contributed by atoms with van der Waals surface area (Å²) in [5.41, 5.74) is -0.406. The first kappa shape index (κ1) is 12.7. The first-order valence-electron chi connectivity index (χ1n) is 6.66. The second kappa shape index (κ2) is 4.84. The van der Waals surface area contributed by atoms with Gasteiger partial charge in [0.15, 0.2) is 0 Å². The number of fused-ring (bicyclic) bond motifs is 1. The molecule has 17 heavy (non-hydrogen) atoms. The number of carbonyl (C=O) groups is 1. The second-order valence-electron chi connectivity index (χ2n) is 6.17. The van der Waals surface area contributed by atoms with Gasteiger partial charge in [-0.3, -0.25) is 4.90 Å². The summed E-state index contributed by atoms with van der Waals surface area (Å²) in [5.74, 6) is 0.949. The molecule has 0 aromatic carbocycles. The van der Waals surface area contributed by atoms with Crippen LogP contribution in [0.4, 0.5) is 4.79 Å². The van der Waals surface area contributed by atoms with E-state index in [1.807, 2.05) is 20.8 Å². The number of carbonyl (C=O) groups excluding carboxylic acids is 1. The van der Waals surface area contributed by atoms with Gasteiger partial charge in [0.25, 0.3) is 0 Å². The molecule has 0 aromatic rings. The predicted molar refractivity (Wildman–Crippen MR) is 66.9 cm³/mol. The summed E-state index contributed by atoms with van der Waals surface area (Å²) in [4.78, 5) is 13.9. The van der Waals surface area contributed by atoms with E-state index in [4.69, 9.17) is 4.74 Å². The molecule has 2 aliphatic rings. The number of ether oxygens (including phenoxy) is 1. The van der Waals surface area contributed by atoms with Crippen molar-refractivity contribution in [1.29, 1.82) is 0 Å². The van der Waals surface area contributed by atoms with Gasteiger partial charge in [-0.2, -0.15) is 0 Å². The molecular weight excluding hydrogens is 216 g/mol. The van der Waals surface area contributed by atoms with Crippen molar-refractivity contribution < 1.29 is 9.53 Å².